The van der Waals surface area contributed by atoms with Crippen LogP contribution < -0.4 is 5.32 Å². The first-order chi connectivity index (χ1) is 11.3. The maximum absolute atomic E-state index is 12.9. The van der Waals surface area contributed by atoms with Gasteiger partial charge in [0.05, 0.1) is 0 Å². The number of nitrogens with one attached hydrogen (secondary N) is 1. The van der Waals surface area contributed by atoms with Gasteiger partial charge in [-0.2, -0.15) is 11.8 Å². The van der Waals surface area contributed by atoms with E-state index in [9.17, 15) is 9.90 Å². The summed E-state index contributed by atoms with van der Waals surface area (Å²) in [6.45, 7) is 2.03. The molecule has 124 valence electrons. The molecule has 1 amide bonds. The zero-order chi connectivity index (χ0) is 16.1. The van der Waals surface area contributed by atoms with Crippen molar-refractivity contribution < 1.29 is 9.90 Å². The second kappa shape index (κ2) is 7.99. The normalized spacial score (nSPS) is 26.1. The minimum atomic E-state index is -0.223. The Morgan fingerprint density at radius 1 is 1.26 bits per heavy atom. The molecule has 1 aliphatic carbocycles. The Bertz CT molecular complexity index is 543. The molecule has 1 saturated heterocycles. The van der Waals surface area contributed by atoms with Gasteiger partial charge in [-0.3, -0.25) is 9.69 Å². The SMILES string of the molecule is O=C(N[C@@H]1C=C[C@H](CO)C1)C(c1ccccc1)N1CCSCC1. The number of amides is 1. The Morgan fingerprint density at radius 2 is 2.00 bits per heavy atom. The zero-order valence-electron chi connectivity index (χ0n) is 13.2. The third-order valence-electron chi connectivity index (χ3n) is 4.51. The van der Waals surface area contributed by atoms with Crippen molar-refractivity contribution in [2.45, 2.75) is 18.5 Å². The average Bonchev–Trinajstić information content (AvgIpc) is 3.04. The molecule has 1 aromatic carbocycles. The highest BCUT2D eigenvalue weighted by atomic mass is 32.2. The molecular formula is C18H24N2O2S. The largest absolute Gasteiger partial charge is 0.396 e. The molecule has 1 aromatic rings. The van der Waals surface area contributed by atoms with E-state index < -0.39 is 0 Å². The number of benzene rings is 1. The maximum atomic E-state index is 12.9. The summed E-state index contributed by atoms with van der Waals surface area (Å²) in [6, 6.07) is 9.84. The lowest BCUT2D eigenvalue weighted by Gasteiger charge is -2.34. The van der Waals surface area contributed by atoms with E-state index >= 15 is 0 Å². The minimum absolute atomic E-state index is 0.0324. The molecule has 5 heteroatoms. The van der Waals surface area contributed by atoms with Crippen LogP contribution >= 0.6 is 11.8 Å². The van der Waals surface area contributed by atoms with Crippen molar-refractivity contribution in [1.82, 2.24) is 10.2 Å². The number of aliphatic hydroxyl groups is 1. The van der Waals surface area contributed by atoms with Gasteiger partial charge < -0.3 is 10.4 Å². The first kappa shape index (κ1) is 16.6. The monoisotopic (exact) mass is 332 g/mol. The highest BCUT2D eigenvalue weighted by Crippen LogP contribution is 2.25. The summed E-state index contributed by atoms with van der Waals surface area (Å²) in [7, 11) is 0. The second-order valence-electron chi connectivity index (χ2n) is 6.14. The predicted octanol–water partition coefficient (Wildman–Crippen LogP) is 1.83. The molecule has 1 fully saturated rings. The van der Waals surface area contributed by atoms with Crippen LogP contribution in [0, 0.1) is 5.92 Å². The van der Waals surface area contributed by atoms with Crippen LogP contribution in [0.15, 0.2) is 42.5 Å². The van der Waals surface area contributed by atoms with Crippen LogP contribution in [0.2, 0.25) is 0 Å². The molecule has 0 saturated carbocycles. The van der Waals surface area contributed by atoms with E-state index in [4.69, 9.17) is 0 Å². The molecule has 2 aliphatic rings. The molecule has 0 radical (unpaired) electrons. The number of aliphatic hydroxyl groups excluding tert-OH is 1. The first-order valence-corrected chi connectivity index (χ1v) is 9.39. The van der Waals surface area contributed by atoms with Gasteiger partial charge >= 0.3 is 0 Å². The Hall–Kier alpha value is -1.30. The molecular weight excluding hydrogens is 308 g/mol. The Kier molecular flexibility index (Phi) is 5.75. The van der Waals surface area contributed by atoms with Gasteiger partial charge in [0.15, 0.2) is 0 Å². The first-order valence-electron chi connectivity index (χ1n) is 8.24. The van der Waals surface area contributed by atoms with E-state index in [0.717, 1.165) is 36.6 Å². The smallest absolute Gasteiger partial charge is 0.242 e. The number of carbonyl (C=O) groups excluding carboxylic acids is 1. The van der Waals surface area contributed by atoms with E-state index in [0.29, 0.717) is 0 Å². The minimum Gasteiger partial charge on any atom is -0.396 e. The summed E-state index contributed by atoms with van der Waals surface area (Å²) in [6.07, 6.45) is 4.80. The van der Waals surface area contributed by atoms with Gasteiger partial charge in [-0.15, -0.1) is 0 Å². The van der Waals surface area contributed by atoms with E-state index in [1.807, 2.05) is 54.2 Å². The van der Waals surface area contributed by atoms with Gasteiger partial charge in [-0.1, -0.05) is 42.5 Å². The van der Waals surface area contributed by atoms with E-state index in [2.05, 4.69) is 10.2 Å². The number of thioether (sulfide) groups is 1. The molecule has 4 nitrogen and oxygen atoms in total. The van der Waals surface area contributed by atoms with Crippen molar-refractivity contribution >= 4 is 17.7 Å². The molecule has 1 unspecified atom stereocenters. The second-order valence-corrected chi connectivity index (χ2v) is 7.36. The number of rotatable bonds is 5. The molecule has 23 heavy (non-hydrogen) atoms. The summed E-state index contributed by atoms with van der Waals surface area (Å²) < 4.78 is 0. The Morgan fingerprint density at radius 3 is 2.65 bits per heavy atom. The van der Waals surface area contributed by atoms with Crippen molar-refractivity contribution in [3.05, 3.63) is 48.0 Å². The molecule has 3 rings (SSSR count). The third kappa shape index (κ3) is 4.16. The highest BCUT2D eigenvalue weighted by Gasteiger charge is 2.30. The van der Waals surface area contributed by atoms with Gasteiger partial charge in [-0.25, -0.2) is 0 Å². The number of hydrogen-bond acceptors (Lipinski definition) is 4. The zero-order valence-corrected chi connectivity index (χ0v) is 14.0. The quantitative estimate of drug-likeness (QED) is 0.808. The van der Waals surface area contributed by atoms with Crippen LogP contribution in [0.1, 0.15) is 18.0 Å². The molecule has 3 atom stereocenters. The Balaban J connectivity index is 1.72. The van der Waals surface area contributed by atoms with Gasteiger partial charge in [0, 0.05) is 43.2 Å². The van der Waals surface area contributed by atoms with E-state index in [1.165, 1.54) is 0 Å². The summed E-state index contributed by atoms with van der Waals surface area (Å²) in [5, 5.41) is 12.4. The van der Waals surface area contributed by atoms with Crippen molar-refractivity contribution in [3.63, 3.8) is 0 Å². The fraction of sp³-hybridized carbons (Fsp3) is 0.500. The van der Waals surface area contributed by atoms with Gasteiger partial charge in [-0.05, 0) is 12.0 Å². The summed E-state index contributed by atoms with van der Waals surface area (Å²) in [5.41, 5.74) is 1.05. The fourth-order valence-electron chi connectivity index (χ4n) is 3.28. The average molecular weight is 332 g/mol. The lowest BCUT2D eigenvalue weighted by Crippen LogP contribution is -2.46. The number of carbonyl (C=O) groups is 1. The number of hydrogen-bond donors (Lipinski definition) is 2. The summed E-state index contributed by atoms with van der Waals surface area (Å²) in [4.78, 5) is 15.2. The van der Waals surface area contributed by atoms with Crippen LogP contribution in [0.5, 0.6) is 0 Å². The lowest BCUT2D eigenvalue weighted by molar-refractivity contribution is -0.127. The lowest BCUT2D eigenvalue weighted by atomic mass is 10.0. The predicted molar refractivity (Wildman–Crippen MR) is 94.3 cm³/mol. The highest BCUT2D eigenvalue weighted by molar-refractivity contribution is 7.99. The third-order valence-corrected chi connectivity index (χ3v) is 5.45. The van der Waals surface area contributed by atoms with Crippen molar-refractivity contribution in [1.29, 1.82) is 0 Å². The molecule has 0 aromatic heterocycles. The number of nitrogens with zero attached hydrogens (tertiary/aromatic N) is 1. The molecule has 0 bridgehead atoms. The van der Waals surface area contributed by atoms with Crippen LogP contribution in [-0.2, 0) is 4.79 Å². The van der Waals surface area contributed by atoms with Crippen LogP contribution in [-0.4, -0.2) is 53.2 Å². The topological polar surface area (TPSA) is 52.6 Å². The molecule has 1 aliphatic heterocycles. The maximum Gasteiger partial charge on any atom is 0.242 e. The standard InChI is InChI=1S/C18H24N2O2S/c21-13-14-6-7-16(12-14)19-18(22)17(15-4-2-1-3-5-15)20-8-10-23-11-9-20/h1-7,14,16-17,21H,8-13H2,(H,19,22)/t14-,16+,17?/m0/s1. The van der Waals surface area contributed by atoms with Crippen LogP contribution in [0.3, 0.4) is 0 Å². The molecule has 0 spiro atoms. The van der Waals surface area contributed by atoms with Crippen LogP contribution in [0.25, 0.3) is 0 Å². The summed E-state index contributed by atoms with van der Waals surface area (Å²) in [5.74, 6) is 2.39. The molecule has 2 N–H and O–H groups in total. The van der Waals surface area contributed by atoms with Gasteiger partial charge in [0.25, 0.3) is 0 Å². The van der Waals surface area contributed by atoms with E-state index in [1.54, 1.807) is 0 Å². The van der Waals surface area contributed by atoms with Crippen molar-refractivity contribution in [2.75, 3.05) is 31.2 Å². The Labute approximate surface area is 141 Å². The van der Waals surface area contributed by atoms with Crippen molar-refractivity contribution in [3.8, 4) is 0 Å². The molecule has 1 heterocycles. The fourth-order valence-corrected chi connectivity index (χ4v) is 4.21. The van der Waals surface area contributed by atoms with Crippen molar-refractivity contribution in [2.24, 2.45) is 5.92 Å². The summed E-state index contributed by atoms with van der Waals surface area (Å²) >= 11 is 1.95. The van der Waals surface area contributed by atoms with Gasteiger partial charge in [0.2, 0.25) is 5.91 Å². The van der Waals surface area contributed by atoms with Crippen LogP contribution in [0.4, 0.5) is 0 Å². The van der Waals surface area contributed by atoms with Gasteiger partial charge in [0.1, 0.15) is 6.04 Å². The van der Waals surface area contributed by atoms with E-state index in [-0.39, 0.29) is 30.5 Å².